The first kappa shape index (κ1) is 19.1. The molecule has 0 aliphatic heterocycles. The molecule has 142 valence electrons. The summed E-state index contributed by atoms with van der Waals surface area (Å²) in [6, 6.07) is 12.8. The third-order valence-corrected chi connectivity index (χ3v) is 5.03. The molecule has 3 rings (SSSR count). The van der Waals surface area contributed by atoms with Crippen molar-refractivity contribution in [3.63, 3.8) is 0 Å². The summed E-state index contributed by atoms with van der Waals surface area (Å²) in [5.74, 6) is -1.05. The minimum Gasteiger partial charge on any atom is -0.347 e. The Balaban J connectivity index is 1.71. The molecule has 0 fully saturated rings. The summed E-state index contributed by atoms with van der Waals surface area (Å²) < 4.78 is 13.1. The Hall–Kier alpha value is -2.69. The molecular weight excluding hydrogens is 343 g/mol. The van der Waals surface area contributed by atoms with Gasteiger partial charge in [-0.1, -0.05) is 38.1 Å². The number of hydrogen-bond acceptors (Lipinski definition) is 2. The van der Waals surface area contributed by atoms with Crippen molar-refractivity contribution < 1.29 is 14.0 Å². The lowest BCUT2D eigenvalue weighted by atomic mass is 9.87. The summed E-state index contributed by atoms with van der Waals surface area (Å²) in [6.45, 7) is 3.79. The predicted molar refractivity (Wildman–Crippen MR) is 103 cm³/mol. The summed E-state index contributed by atoms with van der Waals surface area (Å²) in [7, 11) is 0. The molecular formula is C22H25FN2O2. The molecule has 2 amide bonds. The Morgan fingerprint density at radius 2 is 1.78 bits per heavy atom. The molecule has 1 aliphatic rings. The molecule has 2 aromatic rings. The molecule has 0 radical (unpaired) electrons. The van der Waals surface area contributed by atoms with E-state index in [1.807, 2.05) is 26.0 Å². The zero-order chi connectivity index (χ0) is 19.4. The van der Waals surface area contributed by atoms with Crippen LogP contribution in [0, 0.1) is 11.7 Å². The van der Waals surface area contributed by atoms with Gasteiger partial charge in [0.2, 0.25) is 5.91 Å². The second-order valence-electron chi connectivity index (χ2n) is 7.35. The van der Waals surface area contributed by atoms with Gasteiger partial charge in [-0.05, 0) is 60.6 Å². The topological polar surface area (TPSA) is 58.2 Å². The van der Waals surface area contributed by atoms with Crippen LogP contribution in [-0.2, 0) is 11.2 Å². The smallest absolute Gasteiger partial charge is 0.251 e. The summed E-state index contributed by atoms with van der Waals surface area (Å²) >= 11 is 0. The number of carbonyl (C=O) groups is 2. The first-order valence-electron chi connectivity index (χ1n) is 9.40. The first-order chi connectivity index (χ1) is 13.0. The standard InChI is InChI=1S/C22H25FN2O2/c1-14(2)20(25-21(26)16-10-12-17(23)13-11-16)22(27)24-19-9-5-7-15-6-3-4-8-18(15)19/h3-4,6,8,10-14,19-20H,5,7,9H2,1-2H3,(H,24,27)(H,25,26). The molecule has 2 N–H and O–H groups in total. The van der Waals surface area contributed by atoms with Crippen LogP contribution >= 0.6 is 0 Å². The molecule has 2 aromatic carbocycles. The van der Waals surface area contributed by atoms with E-state index >= 15 is 0 Å². The van der Waals surface area contributed by atoms with E-state index in [0.717, 1.165) is 24.8 Å². The largest absolute Gasteiger partial charge is 0.347 e. The zero-order valence-electron chi connectivity index (χ0n) is 15.7. The van der Waals surface area contributed by atoms with Crippen LogP contribution in [0.25, 0.3) is 0 Å². The number of halogens is 1. The van der Waals surface area contributed by atoms with Gasteiger partial charge in [0, 0.05) is 5.56 Å². The fraction of sp³-hybridized carbons (Fsp3) is 0.364. The third-order valence-electron chi connectivity index (χ3n) is 5.03. The maximum Gasteiger partial charge on any atom is 0.251 e. The summed E-state index contributed by atoms with van der Waals surface area (Å²) in [5.41, 5.74) is 2.76. The molecule has 1 aliphatic carbocycles. The third kappa shape index (κ3) is 4.54. The number of benzene rings is 2. The molecule has 0 saturated carbocycles. The zero-order valence-corrected chi connectivity index (χ0v) is 15.7. The number of nitrogens with one attached hydrogen (secondary N) is 2. The number of fused-ring (bicyclic) bond motifs is 1. The Bertz CT molecular complexity index is 817. The van der Waals surface area contributed by atoms with Crippen molar-refractivity contribution in [2.24, 2.45) is 5.92 Å². The quantitative estimate of drug-likeness (QED) is 0.844. The van der Waals surface area contributed by atoms with Gasteiger partial charge in [0.25, 0.3) is 5.91 Å². The normalized spacial score (nSPS) is 17.1. The van der Waals surface area contributed by atoms with Crippen LogP contribution in [0.4, 0.5) is 4.39 Å². The average molecular weight is 368 g/mol. The fourth-order valence-corrected chi connectivity index (χ4v) is 3.53. The highest BCUT2D eigenvalue weighted by atomic mass is 19.1. The molecule has 0 spiro atoms. The van der Waals surface area contributed by atoms with Crippen LogP contribution in [-0.4, -0.2) is 17.9 Å². The summed E-state index contributed by atoms with van der Waals surface area (Å²) in [4.78, 5) is 25.4. The Morgan fingerprint density at radius 3 is 2.48 bits per heavy atom. The second kappa shape index (κ2) is 8.33. The average Bonchev–Trinajstić information content (AvgIpc) is 2.66. The minimum atomic E-state index is -0.656. The Morgan fingerprint density at radius 1 is 1.07 bits per heavy atom. The van der Waals surface area contributed by atoms with Gasteiger partial charge in [-0.3, -0.25) is 9.59 Å². The van der Waals surface area contributed by atoms with Gasteiger partial charge >= 0.3 is 0 Å². The van der Waals surface area contributed by atoms with Crippen molar-refractivity contribution in [2.45, 2.75) is 45.2 Å². The highest BCUT2D eigenvalue weighted by molar-refractivity contribution is 5.97. The van der Waals surface area contributed by atoms with E-state index in [0.29, 0.717) is 5.56 Å². The number of carbonyl (C=O) groups excluding carboxylic acids is 2. The van der Waals surface area contributed by atoms with E-state index in [4.69, 9.17) is 0 Å². The molecule has 2 unspecified atom stereocenters. The molecule has 0 bridgehead atoms. The van der Waals surface area contributed by atoms with Crippen molar-refractivity contribution in [3.05, 3.63) is 71.0 Å². The van der Waals surface area contributed by atoms with Gasteiger partial charge in [-0.25, -0.2) is 4.39 Å². The fourth-order valence-electron chi connectivity index (χ4n) is 3.53. The van der Waals surface area contributed by atoms with Crippen molar-refractivity contribution in [3.8, 4) is 0 Å². The Kier molecular flexibility index (Phi) is 5.89. The molecule has 5 heteroatoms. The maximum atomic E-state index is 13.1. The molecule has 2 atom stereocenters. The monoisotopic (exact) mass is 368 g/mol. The van der Waals surface area contributed by atoms with Gasteiger partial charge < -0.3 is 10.6 Å². The maximum absolute atomic E-state index is 13.1. The van der Waals surface area contributed by atoms with Crippen LogP contribution in [0.5, 0.6) is 0 Å². The molecule has 0 heterocycles. The highest BCUT2D eigenvalue weighted by Crippen LogP contribution is 2.29. The van der Waals surface area contributed by atoms with Crippen LogP contribution < -0.4 is 10.6 Å². The number of hydrogen-bond donors (Lipinski definition) is 2. The van der Waals surface area contributed by atoms with Crippen LogP contribution in [0.1, 0.15) is 54.2 Å². The SMILES string of the molecule is CC(C)C(NC(=O)c1ccc(F)cc1)C(=O)NC1CCCc2ccccc21. The van der Waals surface area contributed by atoms with E-state index in [9.17, 15) is 14.0 Å². The lowest BCUT2D eigenvalue weighted by molar-refractivity contribution is -0.124. The van der Waals surface area contributed by atoms with E-state index in [1.165, 1.54) is 29.8 Å². The van der Waals surface area contributed by atoms with E-state index < -0.39 is 11.9 Å². The Labute approximate surface area is 159 Å². The van der Waals surface area contributed by atoms with Gasteiger partial charge in [0.05, 0.1) is 6.04 Å². The number of amides is 2. The van der Waals surface area contributed by atoms with Gasteiger partial charge in [-0.2, -0.15) is 0 Å². The second-order valence-corrected chi connectivity index (χ2v) is 7.35. The van der Waals surface area contributed by atoms with Gasteiger partial charge in [0.1, 0.15) is 11.9 Å². The summed E-state index contributed by atoms with van der Waals surface area (Å²) in [6.07, 6.45) is 2.94. The molecule has 27 heavy (non-hydrogen) atoms. The van der Waals surface area contributed by atoms with E-state index in [2.05, 4.69) is 22.8 Å². The molecule has 0 saturated heterocycles. The minimum absolute atomic E-state index is 0.0357. The molecule has 0 aromatic heterocycles. The van der Waals surface area contributed by atoms with Crippen molar-refractivity contribution in [2.75, 3.05) is 0 Å². The lowest BCUT2D eigenvalue weighted by Crippen LogP contribution is -2.50. The van der Waals surface area contributed by atoms with Crippen molar-refractivity contribution >= 4 is 11.8 Å². The van der Waals surface area contributed by atoms with Gasteiger partial charge in [0.15, 0.2) is 0 Å². The van der Waals surface area contributed by atoms with Crippen LogP contribution in [0.15, 0.2) is 48.5 Å². The van der Waals surface area contributed by atoms with E-state index in [1.54, 1.807) is 0 Å². The number of rotatable bonds is 5. The lowest BCUT2D eigenvalue weighted by Gasteiger charge is -2.29. The van der Waals surface area contributed by atoms with Crippen molar-refractivity contribution in [1.82, 2.24) is 10.6 Å². The van der Waals surface area contributed by atoms with Crippen LogP contribution in [0.2, 0.25) is 0 Å². The van der Waals surface area contributed by atoms with Gasteiger partial charge in [-0.15, -0.1) is 0 Å². The first-order valence-corrected chi connectivity index (χ1v) is 9.40. The van der Waals surface area contributed by atoms with E-state index in [-0.39, 0.29) is 23.8 Å². The van der Waals surface area contributed by atoms with Crippen molar-refractivity contribution in [1.29, 1.82) is 0 Å². The molecule has 4 nitrogen and oxygen atoms in total. The highest BCUT2D eigenvalue weighted by Gasteiger charge is 2.28. The predicted octanol–water partition coefficient (Wildman–Crippen LogP) is 3.77. The number of aryl methyl sites for hydroxylation is 1. The van der Waals surface area contributed by atoms with Crippen LogP contribution in [0.3, 0.4) is 0 Å². The summed E-state index contributed by atoms with van der Waals surface area (Å²) in [5, 5.41) is 5.90.